The molecular formula is C14H9ClFN3O. The van der Waals surface area contributed by atoms with E-state index in [0.29, 0.717) is 22.1 Å². The van der Waals surface area contributed by atoms with Crippen molar-refractivity contribution >= 4 is 17.3 Å². The zero-order valence-electron chi connectivity index (χ0n) is 10.2. The molecule has 0 unspecified atom stereocenters. The molecule has 6 heteroatoms. The summed E-state index contributed by atoms with van der Waals surface area (Å²) in [6, 6.07) is 11.2. The van der Waals surface area contributed by atoms with Gasteiger partial charge < -0.3 is 10.3 Å². The SMILES string of the molecule is Nc1ccc(F)c(-c2nc(-c3cccc(Cl)c3)no2)c1. The lowest BCUT2D eigenvalue weighted by Gasteiger charge is -1.98. The van der Waals surface area contributed by atoms with E-state index in [1.54, 1.807) is 24.3 Å². The lowest BCUT2D eigenvalue weighted by molar-refractivity contribution is 0.429. The van der Waals surface area contributed by atoms with E-state index in [-0.39, 0.29) is 11.5 Å². The Kier molecular flexibility index (Phi) is 3.12. The summed E-state index contributed by atoms with van der Waals surface area (Å²) in [5.41, 5.74) is 6.91. The van der Waals surface area contributed by atoms with Gasteiger partial charge in [0.1, 0.15) is 5.82 Å². The first kappa shape index (κ1) is 12.6. The molecule has 0 saturated carbocycles. The van der Waals surface area contributed by atoms with Crippen molar-refractivity contribution in [2.45, 2.75) is 0 Å². The van der Waals surface area contributed by atoms with Gasteiger partial charge in [-0.05, 0) is 30.3 Å². The molecule has 1 heterocycles. The van der Waals surface area contributed by atoms with Crippen LogP contribution in [0.5, 0.6) is 0 Å². The van der Waals surface area contributed by atoms with Crippen molar-refractivity contribution in [2.75, 3.05) is 5.73 Å². The van der Waals surface area contributed by atoms with Gasteiger partial charge in [-0.1, -0.05) is 28.9 Å². The largest absolute Gasteiger partial charge is 0.399 e. The highest BCUT2D eigenvalue weighted by Gasteiger charge is 2.14. The minimum absolute atomic E-state index is 0.0739. The van der Waals surface area contributed by atoms with Gasteiger partial charge >= 0.3 is 0 Å². The normalized spacial score (nSPS) is 10.7. The maximum absolute atomic E-state index is 13.7. The van der Waals surface area contributed by atoms with Crippen LogP contribution in [0.4, 0.5) is 10.1 Å². The van der Waals surface area contributed by atoms with Crippen molar-refractivity contribution in [1.29, 1.82) is 0 Å². The fourth-order valence-electron chi connectivity index (χ4n) is 1.78. The highest BCUT2D eigenvalue weighted by atomic mass is 35.5. The van der Waals surface area contributed by atoms with Gasteiger partial charge in [0.25, 0.3) is 5.89 Å². The second-order valence-electron chi connectivity index (χ2n) is 4.17. The first-order valence-electron chi connectivity index (χ1n) is 5.78. The third kappa shape index (κ3) is 2.35. The number of nitrogens with zero attached hydrogens (tertiary/aromatic N) is 2. The van der Waals surface area contributed by atoms with E-state index in [9.17, 15) is 4.39 Å². The van der Waals surface area contributed by atoms with Crippen LogP contribution in [0.3, 0.4) is 0 Å². The molecular weight excluding hydrogens is 281 g/mol. The van der Waals surface area contributed by atoms with Crippen molar-refractivity contribution in [1.82, 2.24) is 10.1 Å². The number of hydrogen-bond acceptors (Lipinski definition) is 4. The van der Waals surface area contributed by atoms with Gasteiger partial charge in [0.15, 0.2) is 0 Å². The molecule has 0 bridgehead atoms. The first-order chi connectivity index (χ1) is 9.63. The van der Waals surface area contributed by atoms with Gasteiger partial charge in [0.2, 0.25) is 5.82 Å². The highest BCUT2D eigenvalue weighted by molar-refractivity contribution is 6.30. The molecule has 0 fully saturated rings. The van der Waals surface area contributed by atoms with Gasteiger partial charge in [0.05, 0.1) is 5.56 Å². The summed E-state index contributed by atoms with van der Waals surface area (Å²) >= 11 is 5.90. The summed E-state index contributed by atoms with van der Waals surface area (Å²) in [4.78, 5) is 4.16. The average molecular weight is 290 g/mol. The van der Waals surface area contributed by atoms with Crippen molar-refractivity contribution < 1.29 is 8.91 Å². The van der Waals surface area contributed by atoms with Crippen molar-refractivity contribution in [3.05, 3.63) is 53.3 Å². The Hall–Kier alpha value is -2.40. The van der Waals surface area contributed by atoms with E-state index >= 15 is 0 Å². The molecule has 0 spiro atoms. The van der Waals surface area contributed by atoms with Crippen LogP contribution in [0.2, 0.25) is 5.02 Å². The monoisotopic (exact) mass is 289 g/mol. The number of nitrogen functional groups attached to an aromatic ring is 1. The number of hydrogen-bond donors (Lipinski definition) is 1. The molecule has 100 valence electrons. The molecule has 1 aromatic heterocycles. The predicted molar refractivity (Wildman–Crippen MR) is 74.6 cm³/mol. The molecule has 0 aliphatic carbocycles. The van der Waals surface area contributed by atoms with Crippen LogP contribution in [-0.4, -0.2) is 10.1 Å². The molecule has 0 saturated heterocycles. The van der Waals surface area contributed by atoms with E-state index in [1.165, 1.54) is 18.2 Å². The maximum atomic E-state index is 13.7. The fourth-order valence-corrected chi connectivity index (χ4v) is 1.97. The number of aromatic nitrogens is 2. The molecule has 20 heavy (non-hydrogen) atoms. The molecule has 0 aliphatic rings. The summed E-state index contributed by atoms with van der Waals surface area (Å²) < 4.78 is 18.8. The Morgan fingerprint density at radius 1 is 1.15 bits per heavy atom. The Morgan fingerprint density at radius 2 is 2.00 bits per heavy atom. The van der Waals surface area contributed by atoms with Crippen LogP contribution >= 0.6 is 11.6 Å². The summed E-state index contributed by atoms with van der Waals surface area (Å²) in [7, 11) is 0. The van der Waals surface area contributed by atoms with E-state index in [1.807, 2.05) is 0 Å². The van der Waals surface area contributed by atoms with E-state index in [0.717, 1.165) is 0 Å². The number of halogens is 2. The van der Waals surface area contributed by atoms with Crippen molar-refractivity contribution in [2.24, 2.45) is 0 Å². The Labute approximate surface area is 119 Å². The smallest absolute Gasteiger partial charge is 0.261 e. The Morgan fingerprint density at radius 3 is 2.80 bits per heavy atom. The van der Waals surface area contributed by atoms with E-state index < -0.39 is 5.82 Å². The predicted octanol–water partition coefficient (Wildman–Crippen LogP) is 3.78. The van der Waals surface area contributed by atoms with Gasteiger partial charge in [0, 0.05) is 16.3 Å². The molecule has 0 atom stereocenters. The maximum Gasteiger partial charge on any atom is 0.261 e. The molecule has 3 aromatic rings. The first-order valence-corrected chi connectivity index (χ1v) is 6.16. The number of benzene rings is 2. The van der Waals surface area contributed by atoms with Gasteiger partial charge in [-0.25, -0.2) is 4.39 Å². The lowest BCUT2D eigenvalue weighted by Crippen LogP contribution is -1.89. The second-order valence-corrected chi connectivity index (χ2v) is 4.61. The third-order valence-electron chi connectivity index (χ3n) is 2.73. The molecule has 0 amide bonds. The summed E-state index contributed by atoms with van der Waals surface area (Å²) in [5, 5.41) is 4.38. The van der Waals surface area contributed by atoms with Crippen LogP contribution in [-0.2, 0) is 0 Å². The molecule has 0 aliphatic heterocycles. The van der Waals surface area contributed by atoms with Gasteiger partial charge in [-0.3, -0.25) is 0 Å². The van der Waals surface area contributed by atoms with Crippen LogP contribution in [0.25, 0.3) is 22.8 Å². The summed E-state index contributed by atoms with van der Waals surface area (Å²) in [5.74, 6) is -0.0606. The highest BCUT2D eigenvalue weighted by Crippen LogP contribution is 2.26. The van der Waals surface area contributed by atoms with E-state index in [2.05, 4.69) is 10.1 Å². The second kappa shape index (κ2) is 4.94. The minimum atomic E-state index is -0.472. The van der Waals surface area contributed by atoms with Crippen molar-refractivity contribution in [3.63, 3.8) is 0 Å². The summed E-state index contributed by atoms with van der Waals surface area (Å²) in [6.07, 6.45) is 0. The van der Waals surface area contributed by atoms with Crippen LogP contribution in [0.1, 0.15) is 0 Å². The number of anilines is 1. The molecule has 0 radical (unpaired) electrons. The number of nitrogens with two attached hydrogens (primary N) is 1. The van der Waals surface area contributed by atoms with Gasteiger partial charge in [-0.2, -0.15) is 4.98 Å². The zero-order chi connectivity index (χ0) is 14.1. The molecule has 2 aromatic carbocycles. The minimum Gasteiger partial charge on any atom is -0.399 e. The third-order valence-corrected chi connectivity index (χ3v) is 2.96. The van der Waals surface area contributed by atoms with Crippen LogP contribution in [0.15, 0.2) is 47.0 Å². The quantitative estimate of drug-likeness (QED) is 0.729. The lowest BCUT2D eigenvalue weighted by atomic mass is 10.2. The Bertz CT molecular complexity index is 773. The Balaban J connectivity index is 2.04. The molecule has 2 N–H and O–H groups in total. The standard InChI is InChI=1S/C14H9ClFN3O/c15-9-3-1-2-8(6-9)13-18-14(20-19-13)11-7-10(17)4-5-12(11)16/h1-7H,17H2. The molecule has 4 nitrogen and oxygen atoms in total. The van der Waals surface area contributed by atoms with Gasteiger partial charge in [-0.15, -0.1) is 0 Å². The fraction of sp³-hybridized carbons (Fsp3) is 0. The summed E-state index contributed by atoms with van der Waals surface area (Å²) in [6.45, 7) is 0. The molecule has 3 rings (SSSR count). The topological polar surface area (TPSA) is 64.9 Å². The van der Waals surface area contributed by atoms with E-state index in [4.69, 9.17) is 21.9 Å². The zero-order valence-corrected chi connectivity index (χ0v) is 10.9. The number of rotatable bonds is 2. The van der Waals surface area contributed by atoms with Crippen LogP contribution in [0, 0.1) is 5.82 Å². The van der Waals surface area contributed by atoms with Crippen LogP contribution < -0.4 is 5.73 Å². The average Bonchev–Trinajstić information content (AvgIpc) is 2.91. The van der Waals surface area contributed by atoms with Crippen molar-refractivity contribution in [3.8, 4) is 22.8 Å².